The Hall–Kier alpha value is -3.03. The van der Waals surface area contributed by atoms with Crippen molar-refractivity contribution in [3.05, 3.63) is 53.7 Å². The lowest BCUT2D eigenvalue weighted by molar-refractivity contribution is -0.116. The van der Waals surface area contributed by atoms with Gasteiger partial charge in [0.25, 0.3) is 5.91 Å². The Morgan fingerprint density at radius 1 is 1.15 bits per heavy atom. The molecule has 3 rings (SSSR count). The van der Waals surface area contributed by atoms with Gasteiger partial charge >= 0.3 is 0 Å². The number of benzene rings is 1. The van der Waals surface area contributed by atoms with Gasteiger partial charge in [-0.15, -0.1) is 0 Å². The van der Waals surface area contributed by atoms with E-state index < -0.39 is 17.5 Å². The van der Waals surface area contributed by atoms with Gasteiger partial charge in [0, 0.05) is 38.3 Å². The van der Waals surface area contributed by atoms with Gasteiger partial charge in [0.15, 0.2) is 5.82 Å². The highest BCUT2D eigenvalue weighted by atomic mass is 19.1. The molecule has 0 radical (unpaired) electrons. The fraction of sp³-hybridized carbons (Fsp3) is 0.316. The van der Waals surface area contributed by atoms with Gasteiger partial charge in [-0.1, -0.05) is 0 Å². The molecular weight excluding hydrogens is 354 g/mol. The molecule has 1 fully saturated rings. The quantitative estimate of drug-likeness (QED) is 0.815. The largest absolute Gasteiger partial charge is 0.355 e. The topological polar surface area (TPSA) is 74.3 Å². The monoisotopic (exact) mass is 374 g/mol. The van der Waals surface area contributed by atoms with Gasteiger partial charge in [0.2, 0.25) is 5.91 Å². The number of hydrogen-bond donors (Lipinski definition) is 2. The van der Waals surface area contributed by atoms with Crippen molar-refractivity contribution in [1.29, 1.82) is 0 Å². The van der Waals surface area contributed by atoms with Crippen molar-refractivity contribution in [3.8, 4) is 0 Å². The van der Waals surface area contributed by atoms with Gasteiger partial charge in [0.1, 0.15) is 11.6 Å². The number of aromatic nitrogens is 1. The first-order valence-corrected chi connectivity index (χ1v) is 8.77. The smallest absolute Gasteiger partial charge is 0.254 e. The number of nitrogens with one attached hydrogen (secondary N) is 2. The minimum Gasteiger partial charge on any atom is -0.355 e. The highest BCUT2D eigenvalue weighted by molar-refractivity contribution is 5.96. The molecule has 0 aliphatic carbocycles. The van der Waals surface area contributed by atoms with Crippen molar-refractivity contribution >= 4 is 23.3 Å². The lowest BCUT2D eigenvalue weighted by Gasteiger charge is -2.20. The van der Waals surface area contributed by atoms with Crippen molar-refractivity contribution in [2.24, 2.45) is 0 Å². The van der Waals surface area contributed by atoms with Gasteiger partial charge in [-0.3, -0.25) is 9.59 Å². The fourth-order valence-electron chi connectivity index (χ4n) is 2.95. The molecule has 27 heavy (non-hydrogen) atoms. The molecule has 1 aromatic heterocycles. The van der Waals surface area contributed by atoms with E-state index in [1.807, 2.05) is 0 Å². The average Bonchev–Trinajstić information content (AvgIpc) is 3.16. The van der Waals surface area contributed by atoms with Crippen LogP contribution in [-0.4, -0.2) is 36.4 Å². The summed E-state index contributed by atoms with van der Waals surface area (Å²) in [6.45, 7) is 1.83. The maximum absolute atomic E-state index is 13.6. The predicted molar refractivity (Wildman–Crippen MR) is 97.6 cm³/mol. The minimum absolute atomic E-state index is 0.0168. The van der Waals surface area contributed by atoms with E-state index in [1.165, 1.54) is 0 Å². The molecule has 1 aliphatic heterocycles. The van der Waals surface area contributed by atoms with Crippen molar-refractivity contribution in [2.45, 2.75) is 19.3 Å². The molecule has 2 amide bonds. The molecule has 0 unspecified atom stereocenters. The Morgan fingerprint density at radius 2 is 1.93 bits per heavy atom. The van der Waals surface area contributed by atoms with Crippen LogP contribution in [0.15, 0.2) is 36.5 Å². The van der Waals surface area contributed by atoms with E-state index in [0.717, 1.165) is 43.9 Å². The molecule has 1 aliphatic rings. The van der Waals surface area contributed by atoms with Crippen LogP contribution >= 0.6 is 0 Å². The van der Waals surface area contributed by atoms with Crippen molar-refractivity contribution in [2.75, 3.05) is 29.9 Å². The number of halogens is 2. The second kappa shape index (κ2) is 8.57. The number of nitrogens with zero attached hydrogens (tertiary/aromatic N) is 2. The summed E-state index contributed by atoms with van der Waals surface area (Å²) in [5.41, 5.74) is 0.362. The van der Waals surface area contributed by atoms with Crippen LogP contribution < -0.4 is 15.5 Å². The van der Waals surface area contributed by atoms with Crippen molar-refractivity contribution in [3.63, 3.8) is 0 Å². The zero-order chi connectivity index (χ0) is 19.2. The molecule has 0 spiro atoms. The fourth-order valence-corrected chi connectivity index (χ4v) is 2.95. The highest BCUT2D eigenvalue weighted by Crippen LogP contribution is 2.26. The number of amides is 2. The van der Waals surface area contributed by atoms with Crippen LogP contribution in [0, 0.1) is 11.6 Å². The van der Waals surface area contributed by atoms with Gasteiger partial charge in [-0.05, 0) is 37.1 Å². The first kappa shape index (κ1) is 18.8. The lowest BCUT2D eigenvalue weighted by Crippen LogP contribution is -2.29. The van der Waals surface area contributed by atoms with Gasteiger partial charge in [0.05, 0.1) is 11.3 Å². The van der Waals surface area contributed by atoms with Crippen LogP contribution in [0.25, 0.3) is 0 Å². The number of hydrogen-bond acceptors (Lipinski definition) is 4. The third-order valence-corrected chi connectivity index (χ3v) is 4.28. The number of rotatable bonds is 6. The summed E-state index contributed by atoms with van der Waals surface area (Å²) < 4.78 is 26.5. The van der Waals surface area contributed by atoms with Crippen LogP contribution in [0.4, 0.5) is 20.3 Å². The number of carbonyl (C=O) groups excluding carboxylic acids is 2. The van der Waals surface area contributed by atoms with Crippen LogP contribution in [0.5, 0.6) is 0 Å². The maximum Gasteiger partial charge on any atom is 0.254 e. The summed E-state index contributed by atoms with van der Waals surface area (Å²) in [6, 6.07) is 6.24. The third-order valence-electron chi connectivity index (χ3n) is 4.28. The number of anilines is 2. The molecule has 0 atom stereocenters. The van der Waals surface area contributed by atoms with Crippen LogP contribution in [0.1, 0.15) is 29.6 Å². The van der Waals surface area contributed by atoms with Gasteiger partial charge in [-0.25, -0.2) is 13.8 Å². The molecule has 0 saturated carbocycles. The highest BCUT2D eigenvalue weighted by Gasteiger charge is 2.18. The minimum atomic E-state index is -0.942. The Labute approximate surface area is 155 Å². The zero-order valence-electron chi connectivity index (χ0n) is 14.7. The van der Waals surface area contributed by atoms with Gasteiger partial charge < -0.3 is 15.5 Å². The van der Waals surface area contributed by atoms with Crippen LogP contribution in [0.3, 0.4) is 0 Å². The Kier molecular flexibility index (Phi) is 5.95. The third kappa shape index (κ3) is 4.78. The average molecular weight is 374 g/mol. The second-order valence-corrected chi connectivity index (χ2v) is 6.25. The maximum atomic E-state index is 13.6. The Balaban J connectivity index is 1.52. The molecular formula is C19H20F2N4O2. The molecule has 142 valence electrons. The Bertz CT molecular complexity index is 838. The van der Waals surface area contributed by atoms with E-state index >= 15 is 0 Å². The molecule has 1 saturated heterocycles. The molecule has 1 aromatic carbocycles. The normalized spacial score (nSPS) is 13.5. The van der Waals surface area contributed by atoms with Crippen molar-refractivity contribution in [1.82, 2.24) is 10.3 Å². The molecule has 2 aromatic rings. The first-order valence-electron chi connectivity index (χ1n) is 8.77. The standard InChI is InChI=1S/C19H20F2N4O2/c20-13-5-6-14(15(21)12-13)19(27)23-9-7-17(26)24-16-4-3-8-22-18(16)25-10-1-2-11-25/h3-6,8,12H,1-2,7,9-11H2,(H,23,27)(H,24,26). The molecule has 0 bridgehead atoms. The summed E-state index contributed by atoms with van der Waals surface area (Å²) in [5, 5.41) is 5.26. The molecule has 8 heteroatoms. The first-order chi connectivity index (χ1) is 13.0. The SMILES string of the molecule is O=C(CCNC(=O)c1ccc(F)cc1F)Nc1cccnc1N1CCCC1. The van der Waals surface area contributed by atoms with Crippen LogP contribution in [0.2, 0.25) is 0 Å². The summed E-state index contributed by atoms with van der Waals surface area (Å²) in [5.74, 6) is -1.94. The lowest BCUT2D eigenvalue weighted by atomic mass is 10.2. The summed E-state index contributed by atoms with van der Waals surface area (Å²) >= 11 is 0. The van der Waals surface area contributed by atoms with E-state index in [-0.39, 0.29) is 24.4 Å². The van der Waals surface area contributed by atoms with E-state index in [9.17, 15) is 18.4 Å². The van der Waals surface area contributed by atoms with E-state index in [1.54, 1.807) is 18.3 Å². The number of pyridine rings is 1. The predicted octanol–water partition coefficient (Wildman–Crippen LogP) is 2.72. The van der Waals surface area contributed by atoms with E-state index in [4.69, 9.17) is 0 Å². The van der Waals surface area contributed by atoms with E-state index in [0.29, 0.717) is 11.8 Å². The molecule has 6 nitrogen and oxygen atoms in total. The van der Waals surface area contributed by atoms with Crippen molar-refractivity contribution < 1.29 is 18.4 Å². The summed E-state index contributed by atoms with van der Waals surface area (Å²) in [4.78, 5) is 30.6. The molecule has 2 heterocycles. The van der Waals surface area contributed by atoms with Gasteiger partial charge in [-0.2, -0.15) is 0 Å². The zero-order valence-corrected chi connectivity index (χ0v) is 14.7. The summed E-state index contributed by atoms with van der Waals surface area (Å²) in [7, 11) is 0. The second-order valence-electron chi connectivity index (χ2n) is 6.25. The van der Waals surface area contributed by atoms with E-state index in [2.05, 4.69) is 20.5 Å². The molecule has 2 N–H and O–H groups in total. The number of carbonyl (C=O) groups is 2. The Morgan fingerprint density at radius 3 is 2.67 bits per heavy atom. The van der Waals surface area contributed by atoms with Crippen LogP contribution in [-0.2, 0) is 4.79 Å². The summed E-state index contributed by atoms with van der Waals surface area (Å²) in [6.07, 6.45) is 3.88.